The maximum absolute atomic E-state index is 12.6. The molecule has 1 heterocycles. The molecule has 2 unspecified atom stereocenters. The van der Waals surface area contributed by atoms with Crippen LogP contribution in [0.3, 0.4) is 0 Å². The van der Waals surface area contributed by atoms with E-state index in [9.17, 15) is 18.3 Å². The standard InChI is InChI=1S/C13H16F3NOS/c14-13(15,16)11-17-7-10(19-11)12(18)5-1-2-9(6-12)8-3-4-8/h7-9,18H,1-6H2. The summed E-state index contributed by atoms with van der Waals surface area (Å²) in [4.78, 5) is 3.81. The van der Waals surface area contributed by atoms with E-state index < -0.39 is 16.8 Å². The van der Waals surface area contributed by atoms with Crippen LogP contribution in [0.25, 0.3) is 0 Å². The summed E-state index contributed by atoms with van der Waals surface area (Å²) in [5.74, 6) is 1.15. The monoisotopic (exact) mass is 291 g/mol. The summed E-state index contributed by atoms with van der Waals surface area (Å²) < 4.78 is 37.7. The van der Waals surface area contributed by atoms with Gasteiger partial charge >= 0.3 is 6.18 Å². The molecule has 0 aliphatic heterocycles. The number of alkyl halides is 3. The van der Waals surface area contributed by atoms with Crippen molar-refractivity contribution in [2.24, 2.45) is 11.8 Å². The molecule has 1 N–H and O–H groups in total. The zero-order valence-electron chi connectivity index (χ0n) is 10.4. The lowest BCUT2D eigenvalue weighted by atomic mass is 9.75. The first-order chi connectivity index (χ1) is 8.88. The number of hydrogen-bond donors (Lipinski definition) is 1. The van der Waals surface area contributed by atoms with Crippen molar-refractivity contribution in [1.29, 1.82) is 0 Å². The summed E-state index contributed by atoms with van der Waals surface area (Å²) in [6.45, 7) is 0. The highest BCUT2D eigenvalue weighted by Gasteiger charge is 2.44. The van der Waals surface area contributed by atoms with Crippen LogP contribution in [0.15, 0.2) is 6.20 Å². The Morgan fingerprint density at radius 3 is 2.58 bits per heavy atom. The molecule has 0 amide bonds. The Labute approximate surface area is 113 Å². The van der Waals surface area contributed by atoms with Crippen molar-refractivity contribution in [3.63, 3.8) is 0 Å². The molecule has 0 radical (unpaired) electrons. The molecule has 2 aliphatic carbocycles. The van der Waals surface area contributed by atoms with Crippen molar-refractivity contribution < 1.29 is 18.3 Å². The van der Waals surface area contributed by atoms with E-state index in [0.717, 1.165) is 12.8 Å². The highest BCUT2D eigenvalue weighted by Crippen LogP contribution is 2.50. The van der Waals surface area contributed by atoms with Crippen LogP contribution in [0.1, 0.15) is 48.4 Å². The second-order valence-corrected chi connectivity index (χ2v) is 6.78. The van der Waals surface area contributed by atoms with Crippen LogP contribution < -0.4 is 0 Å². The largest absolute Gasteiger partial charge is 0.443 e. The average molecular weight is 291 g/mol. The topological polar surface area (TPSA) is 33.1 Å². The first-order valence-corrected chi connectivity index (χ1v) is 7.46. The molecule has 2 aliphatic rings. The second-order valence-electron chi connectivity index (χ2n) is 5.75. The van der Waals surface area contributed by atoms with E-state index in [2.05, 4.69) is 4.98 Å². The zero-order valence-corrected chi connectivity index (χ0v) is 11.2. The molecule has 3 rings (SSSR count). The Bertz CT molecular complexity index is 469. The summed E-state index contributed by atoms with van der Waals surface area (Å²) in [5, 5.41) is 9.81. The third-order valence-electron chi connectivity index (χ3n) is 4.26. The van der Waals surface area contributed by atoms with E-state index in [1.165, 1.54) is 19.0 Å². The fourth-order valence-electron chi connectivity index (χ4n) is 3.11. The van der Waals surface area contributed by atoms with Gasteiger partial charge in [-0.1, -0.05) is 0 Å². The van der Waals surface area contributed by atoms with Crippen molar-refractivity contribution in [3.8, 4) is 0 Å². The minimum Gasteiger partial charge on any atom is -0.384 e. The summed E-state index contributed by atoms with van der Waals surface area (Å²) in [5.41, 5.74) is -1.09. The Balaban J connectivity index is 1.81. The molecule has 2 fully saturated rings. The van der Waals surface area contributed by atoms with Crippen LogP contribution in [-0.4, -0.2) is 10.1 Å². The molecule has 0 spiro atoms. The summed E-state index contributed by atoms with van der Waals surface area (Å²) in [7, 11) is 0. The van der Waals surface area contributed by atoms with Crippen LogP contribution in [0.4, 0.5) is 13.2 Å². The van der Waals surface area contributed by atoms with Gasteiger partial charge in [0.25, 0.3) is 0 Å². The molecular weight excluding hydrogens is 275 g/mol. The van der Waals surface area contributed by atoms with Gasteiger partial charge in [-0.25, -0.2) is 4.98 Å². The first-order valence-electron chi connectivity index (χ1n) is 6.64. The van der Waals surface area contributed by atoms with Gasteiger partial charge in [-0.2, -0.15) is 13.2 Å². The van der Waals surface area contributed by atoms with E-state index >= 15 is 0 Å². The third-order valence-corrected chi connectivity index (χ3v) is 5.50. The Morgan fingerprint density at radius 2 is 2.00 bits per heavy atom. The van der Waals surface area contributed by atoms with E-state index in [4.69, 9.17) is 0 Å². The second kappa shape index (κ2) is 4.45. The number of rotatable bonds is 2. The molecule has 0 bridgehead atoms. The van der Waals surface area contributed by atoms with Gasteiger partial charge in [-0.15, -0.1) is 11.3 Å². The van der Waals surface area contributed by atoms with Gasteiger partial charge in [0.2, 0.25) is 0 Å². The molecule has 2 atom stereocenters. The van der Waals surface area contributed by atoms with Gasteiger partial charge in [0.05, 0.1) is 4.88 Å². The number of halogens is 3. The number of nitrogens with zero attached hydrogens (tertiary/aromatic N) is 1. The van der Waals surface area contributed by atoms with Crippen LogP contribution in [0.5, 0.6) is 0 Å². The Morgan fingerprint density at radius 1 is 1.26 bits per heavy atom. The van der Waals surface area contributed by atoms with Crippen molar-refractivity contribution in [3.05, 3.63) is 16.1 Å². The molecule has 6 heteroatoms. The molecule has 1 aromatic heterocycles. The van der Waals surface area contributed by atoms with E-state index in [1.54, 1.807) is 0 Å². The minimum atomic E-state index is -4.41. The molecule has 19 heavy (non-hydrogen) atoms. The van der Waals surface area contributed by atoms with Gasteiger partial charge in [-0.05, 0) is 50.4 Å². The number of thiazole rings is 1. The Kier molecular flexibility index (Phi) is 3.13. The predicted molar refractivity (Wildman–Crippen MR) is 65.7 cm³/mol. The molecule has 0 aromatic carbocycles. The molecule has 0 saturated heterocycles. The van der Waals surface area contributed by atoms with Gasteiger partial charge in [0.1, 0.15) is 5.60 Å². The lowest BCUT2D eigenvalue weighted by molar-refractivity contribution is -0.137. The number of aromatic nitrogens is 1. The highest BCUT2D eigenvalue weighted by atomic mass is 32.1. The molecule has 2 nitrogen and oxygen atoms in total. The zero-order chi connectivity index (χ0) is 13.7. The van der Waals surface area contributed by atoms with E-state index in [1.807, 2.05) is 0 Å². The van der Waals surface area contributed by atoms with Crippen molar-refractivity contribution in [1.82, 2.24) is 4.98 Å². The number of hydrogen-bond acceptors (Lipinski definition) is 3. The third kappa shape index (κ3) is 2.65. The van der Waals surface area contributed by atoms with Gasteiger partial charge < -0.3 is 5.11 Å². The van der Waals surface area contributed by atoms with Crippen molar-refractivity contribution in [2.45, 2.75) is 50.3 Å². The lowest BCUT2D eigenvalue weighted by Crippen LogP contribution is -2.32. The van der Waals surface area contributed by atoms with Gasteiger partial charge in [0.15, 0.2) is 5.01 Å². The van der Waals surface area contributed by atoms with E-state index in [0.29, 0.717) is 40.9 Å². The molecule has 1 aromatic rings. The fraction of sp³-hybridized carbons (Fsp3) is 0.769. The van der Waals surface area contributed by atoms with Gasteiger partial charge in [0, 0.05) is 6.20 Å². The maximum atomic E-state index is 12.6. The molecule has 106 valence electrons. The van der Waals surface area contributed by atoms with E-state index in [-0.39, 0.29) is 0 Å². The smallest absolute Gasteiger partial charge is 0.384 e. The summed E-state index contributed by atoms with van der Waals surface area (Å²) in [6, 6.07) is 0. The SMILES string of the molecule is OC1(c2cnc(C(F)(F)F)s2)CCCC(C2CC2)C1. The Hall–Kier alpha value is -0.620. The van der Waals surface area contributed by atoms with Crippen molar-refractivity contribution >= 4 is 11.3 Å². The molecule has 2 saturated carbocycles. The quantitative estimate of drug-likeness (QED) is 0.895. The normalized spacial score (nSPS) is 32.5. The average Bonchev–Trinajstić information content (AvgIpc) is 3.03. The first kappa shape index (κ1) is 13.4. The van der Waals surface area contributed by atoms with Crippen LogP contribution >= 0.6 is 11.3 Å². The van der Waals surface area contributed by atoms with Crippen molar-refractivity contribution in [2.75, 3.05) is 0 Å². The highest BCUT2D eigenvalue weighted by molar-refractivity contribution is 7.11. The molecular formula is C13H16F3NOS. The maximum Gasteiger partial charge on any atom is 0.443 e. The number of aliphatic hydroxyl groups is 1. The van der Waals surface area contributed by atoms with Gasteiger partial charge in [-0.3, -0.25) is 0 Å². The van der Waals surface area contributed by atoms with Crippen LogP contribution in [0, 0.1) is 11.8 Å². The van der Waals surface area contributed by atoms with Crippen LogP contribution in [0.2, 0.25) is 0 Å². The lowest BCUT2D eigenvalue weighted by Gasteiger charge is -2.36. The van der Waals surface area contributed by atoms with Crippen LogP contribution in [-0.2, 0) is 11.8 Å². The summed E-state index contributed by atoms with van der Waals surface area (Å²) >= 11 is 0.593. The predicted octanol–water partition coefficient (Wildman–Crippen LogP) is 3.95. The minimum absolute atomic E-state index is 0.380. The summed E-state index contributed by atoms with van der Waals surface area (Å²) in [6.07, 6.45) is 2.34. The fourth-order valence-corrected chi connectivity index (χ4v) is 4.02.